The molecular formula is C11H15N5. The summed E-state index contributed by atoms with van der Waals surface area (Å²) in [6.45, 7) is 2.13. The van der Waals surface area contributed by atoms with Gasteiger partial charge in [0.05, 0.1) is 23.8 Å². The lowest BCUT2D eigenvalue weighted by Gasteiger charge is -1.99. The zero-order valence-corrected chi connectivity index (χ0v) is 9.51. The predicted molar refractivity (Wildman–Crippen MR) is 62.6 cm³/mol. The van der Waals surface area contributed by atoms with Crippen LogP contribution in [0.25, 0.3) is 11.3 Å². The summed E-state index contributed by atoms with van der Waals surface area (Å²) in [6.07, 6.45) is 7.23. The SMILES string of the molecule is CCCc1nn(C)cc1-c1cnc(N)cn1. The quantitative estimate of drug-likeness (QED) is 0.844. The van der Waals surface area contributed by atoms with Crippen LogP contribution < -0.4 is 5.73 Å². The van der Waals surface area contributed by atoms with Gasteiger partial charge in [-0.1, -0.05) is 13.3 Å². The smallest absolute Gasteiger partial charge is 0.141 e. The van der Waals surface area contributed by atoms with Crippen LogP contribution in [0.5, 0.6) is 0 Å². The number of aromatic nitrogens is 4. The molecule has 2 aromatic rings. The van der Waals surface area contributed by atoms with Crippen LogP contribution in [0.3, 0.4) is 0 Å². The molecule has 16 heavy (non-hydrogen) atoms. The van der Waals surface area contributed by atoms with E-state index < -0.39 is 0 Å². The minimum absolute atomic E-state index is 0.435. The average molecular weight is 217 g/mol. The van der Waals surface area contributed by atoms with Crippen LogP contribution in [0, 0.1) is 0 Å². The van der Waals surface area contributed by atoms with Crippen LogP contribution in [0.2, 0.25) is 0 Å². The molecule has 2 heterocycles. The van der Waals surface area contributed by atoms with Gasteiger partial charge in [0.1, 0.15) is 5.82 Å². The number of anilines is 1. The lowest BCUT2D eigenvalue weighted by atomic mass is 10.1. The Morgan fingerprint density at radius 2 is 2.12 bits per heavy atom. The summed E-state index contributed by atoms with van der Waals surface area (Å²) in [5.74, 6) is 0.435. The van der Waals surface area contributed by atoms with Crippen LogP contribution in [0.15, 0.2) is 18.6 Å². The summed E-state index contributed by atoms with van der Waals surface area (Å²) in [7, 11) is 1.91. The van der Waals surface area contributed by atoms with Crippen molar-refractivity contribution in [2.45, 2.75) is 19.8 Å². The third-order valence-corrected chi connectivity index (χ3v) is 2.34. The summed E-state index contributed by atoms with van der Waals surface area (Å²) in [4.78, 5) is 8.31. The molecule has 0 amide bonds. The minimum atomic E-state index is 0.435. The van der Waals surface area contributed by atoms with Crippen molar-refractivity contribution >= 4 is 5.82 Å². The van der Waals surface area contributed by atoms with Crippen LogP contribution in [-0.4, -0.2) is 19.7 Å². The van der Waals surface area contributed by atoms with Crippen molar-refractivity contribution in [1.82, 2.24) is 19.7 Å². The molecule has 2 rings (SSSR count). The van der Waals surface area contributed by atoms with Crippen LogP contribution in [0.4, 0.5) is 5.82 Å². The van der Waals surface area contributed by atoms with E-state index in [0.717, 1.165) is 29.8 Å². The largest absolute Gasteiger partial charge is 0.382 e. The van der Waals surface area contributed by atoms with Crippen LogP contribution >= 0.6 is 0 Å². The van der Waals surface area contributed by atoms with E-state index >= 15 is 0 Å². The van der Waals surface area contributed by atoms with Crippen LogP contribution in [-0.2, 0) is 13.5 Å². The Balaban J connectivity index is 2.42. The highest BCUT2D eigenvalue weighted by Crippen LogP contribution is 2.21. The highest BCUT2D eigenvalue weighted by atomic mass is 15.3. The fraction of sp³-hybridized carbons (Fsp3) is 0.364. The number of aryl methyl sites for hydroxylation is 2. The van der Waals surface area contributed by atoms with Gasteiger partial charge in [-0.3, -0.25) is 9.67 Å². The van der Waals surface area contributed by atoms with Crippen molar-refractivity contribution in [2.24, 2.45) is 7.05 Å². The van der Waals surface area contributed by atoms with E-state index in [4.69, 9.17) is 5.73 Å². The summed E-state index contributed by atoms with van der Waals surface area (Å²) in [5, 5.41) is 4.42. The molecule has 0 aliphatic carbocycles. The molecule has 0 saturated heterocycles. The number of nitrogen functional groups attached to an aromatic ring is 1. The molecule has 2 aromatic heterocycles. The van der Waals surface area contributed by atoms with Crippen molar-refractivity contribution in [3.8, 4) is 11.3 Å². The number of hydrogen-bond donors (Lipinski definition) is 1. The second kappa shape index (κ2) is 4.30. The van der Waals surface area contributed by atoms with Crippen molar-refractivity contribution in [3.05, 3.63) is 24.3 Å². The Kier molecular flexibility index (Phi) is 2.85. The molecule has 0 radical (unpaired) electrons. The maximum absolute atomic E-state index is 5.51. The third-order valence-electron chi connectivity index (χ3n) is 2.34. The lowest BCUT2D eigenvalue weighted by molar-refractivity contribution is 0.733. The molecule has 84 valence electrons. The lowest BCUT2D eigenvalue weighted by Crippen LogP contribution is -1.94. The molecule has 2 N–H and O–H groups in total. The van der Waals surface area contributed by atoms with Gasteiger partial charge in [-0.25, -0.2) is 4.98 Å². The Morgan fingerprint density at radius 1 is 1.31 bits per heavy atom. The van der Waals surface area contributed by atoms with Gasteiger partial charge < -0.3 is 5.73 Å². The number of nitrogens with two attached hydrogens (primary N) is 1. The standard InChI is InChI=1S/C11H15N5/c1-3-4-9-8(7-16(2)15-9)10-5-14-11(12)6-13-10/h5-7H,3-4H2,1-2H3,(H2,12,14). The second-order valence-corrected chi connectivity index (χ2v) is 3.74. The molecule has 5 nitrogen and oxygen atoms in total. The molecule has 5 heteroatoms. The summed E-state index contributed by atoms with van der Waals surface area (Å²) < 4.78 is 1.80. The van der Waals surface area contributed by atoms with Gasteiger partial charge in [0.2, 0.25) is 0 Å². The van der Waals surface area contributed by atoms with Gasteiger partial charge in [0.15, 0.2) is 0 Å². The van der Waals surface area contributed by atoms with Gasteiger partial charge in [-0.2, -0.15) is 5.10 Å². The van der Waals surface area contributed by atoms with Crippen molar-refractivity contribution in [2.75, 3.05) is 5.73 Å². The van der Waals surface area contributed by atoms with E-state index in [9.17, 15) is 0 Å². The highest BCUT2D eigenvalue weighted by Gasteiger charge is 2.10. The first-order chi connectivity index (χ1) is 7.70. The number of rotatable bonds is 3. The summed E-state index contributed by atoms with van der Waals surface area (Å²) in [6, 6.07) is 0. The molecule has 0 fully saturated rings. The molecule has 0 unspecified atom stereocenters. The summed E-state index contributed by atoms with van der Waals surface area (Å²) >= 11 is 0. The maximum atomic E-state index is 5.51. The van der Waals surface area contributed by atoms with Crippen LogP contribution in [0.1, 0.15) is 19.0 Å². The Hall–Kier alpha value is -1.91. The first kappa shape index (κ1) is 10.6. The zero-order valence-electron chi connectivity index (χ0n) is 9.51. The minimum Gasteiger partial charge on any atom is -0.382 e. The fourth-order valence-electron chi connectivity index (χ4n) is 1.65. The van der Waals surface area contributed by atoms with E-state index in [1.165, 1.54) is 0 Å². The van der Waals surface area contributed by atoms with Crippen molar-refractivity contribution in [3.63, 3.8) is 0 Å². The van der Waals surface area contributed by atoms with Gasteiger partial charge in [-0.05, 0) is 6.42 Å². The first-order valence-corrected chi connectivity index (χ1v) is 5.31. The third kappa shape index (κ3) is 2.03. The van der Waals surface area contributed by atoms with Gasteiger partial charge in [-0.15, -0.1) is 0 Å². The van der Waals surface area contributed by atoms with Gasteiger partial charge in [0.25, 0.3) is 0 Å². The first-order valence-electron chi connectivity index (χ1n) is 5.31. The maximum Gasteiger partial charge on any atom is 0.141 e. The fourth-order valence-corrected chi connectivity index (χ4v) is 1.65. The molecule has 0 spiro atoms. The van der Waals surface area contributed by atoms with Crippen molar-refractivity contribution < 1.29 is 0 Å². The molecular weight excluding hydrogens is 202 g/mol. The normalized spacial score (nSPS) is 10.6. The number of nitrogens with zero attached hydrogens (tertiary/aromatic N) is 4. The second-order valence-electron chi connectivity index (χ2n) is 3.74. The van der Waals surface area contributed by atoms with Gasteiger partial charge >= 0.3 is 0 Å². The van der Waals surface area contributed by atoms with E-state index in [2.05, 4.69) is 22.0 Å². The highest BCUT2D eigenvalue weighted by molar-refractivity contribution is 5.60. The molecule has 0 bridgehead atoms. The molecule has 0 aromatic carbocycles. The van der Waals surface area contributed by atoms with E-state index in [0.29, 0.717) is 5.82 Å². The van der Waals surface area contributed by atoms with E-state index in [-0.39, 0.29) is 0 Å². The Labute approximate surface area is 94.3 Å². The molecule has 0 atom stereocenters. The molecule has 0 saturated carbocycles. The Morgan fingerprint density at radius 3 is 2.75 bits per heavy atom. The van der Waals surface area contributed by atoms with E-state index in [1.807, 2.05) is 13.2 Å². The average Bonchev–Trinajstić information content (AvgIpc) is 2.61. The summed E-state index contributed by atoms with van der Waals surface area (Å²) in [5.41, 5.74) is 8.44. The zero-order chi connectivity index (χ0) is 11.5. The predicted octanol–water partition coefficient (Wildman–Crippen LogP) is 1.41. The topological polar surface area (TPSA) is 69.6 Å². The van der Waals surface area contributed by atoms with Crippen molar-refractivity contribution in [1.29, 1.82) is 0 Å². The number of hydrogen-bond acceptors (Lipinski definition) is 4. The monoisotopic (exact) mass is 217 g/mol. The molecule has 0 aliphatic heterocycles. The Bertz CT molecular complexity index is 472. The van der Waals surface area contributed by atoms with E-state index in [1.54, 1.807) is 17.1 Å². The van der Waals surface area contributed by atoms with Gasteiger partial charge in [0, 0.05) is 18.8 Å². The molecule has 0 aliphatic rings.